The number of nitrogens with zero attached hydrogens (tertiary/aromatic N) is 2. The van der Waals surface area contributed by atoms with Gasteiger partial charge in [0.25, 0.3) is 11.7 Å². The van der Waals surface area contributed by atoms with Crippen LogP contribution >= 0.6 is 0 Å². The summed E-state index contributed by atoms with van der Waals surface area (Å²) in [4.78, 5) is 41.7. The lowest BCUT2D eigenvalue weighted by molar-refractivity contribution is -0.132. The van der Waals surface area contributed by atoms with Crippen LogP contribution in [0.1, 0.15) is 36.6 Å². The van der Waals surface area contributed by atoms with Crippen molar-refractivity contribution in [1.82, 2.24) is 0 Å². The summed E-state index contributed by atoms with van der Waals surface area (Å²) in [7, 11) is 3.85. The SMILES string of the molecule is CC(=O)Nc1ccc(N2C(=O)C(=O)/C(=C(\O)c3ccc4c(c3)CC(C)O4)C2c2ccc(N(C)C)cc2)cc1. The lowest BCUT2D eigenvalue weighted by Gasteiger charge is -2.26. The van der Waals surface area contributed by atoms with E-state index in [1.54, 1.807) is 36.4 Å². The molecule has 1 saturated heterocycles. The van der Waals surface area contributed by atoms with Gasteiger partial charge in [0.2, 0.25) is 5.91 Å². The molecule has 0 saturated carbocycles. The Hall–Kier alpha value is -4.59. The number of carbonyl (C=O) groups is 3. The molecule has 2 aliphatic heterocycles. The number of benzene rings is 3. The Morgan fingerprint density at radius 2 is 1.71 bits per heavy atom. The highest BCUT2D eigenvalue weighted by molar-refractivity contribution is 6.51. The summed E-state index contributed by atoms with van der Waals surface area (Å²) < 4.78 is 5.78. The summed E-state index contributed by atoms with van der Waals surface area (Å²) in [5, 5.41) is 14.2. The number of nitrogens with one attached hydrogen (secondary N) is 1. The summed E-state index contributed by atoms with van der Waals surface area (Å²) in [6, 6.07) is 18.7. The molecule has 0 radical (unpaired) electrons. The second-order valence-electron chi connectivity index (χ2n) is 9.84. The average molecular weight is 512 g/mol. The van der Waals surface area contributed by atoms with Crippen molar-refractivity contribution in [2.45, 2.75) is 32.4 Å². The molecule has 0 spiro atoms. The molecule has 3 aromatic rings. The van der Waals surface area contributed by atoms with Crippen LogP contribution in [0.3, 0.4) is 0 Å². The second-order valence-corrected chi connectivity index (χ2v) is 9.84. The third kappa shape index (κ3) is 4.49. The molecule has 2 amide bonds. The minimum absolute atomic E-state index is 0.0189. The van der Waals surface area contributed by atoms with Gasteiger partial charge in [0, 0.05) is 50.1 Å². The molecular formula is C30H29N3O5. The van der Waals surface area contributed by atoms with Crippen molar-refractivity contribution in [2.75, 3.05) is 29.2 Å². The van der Waals surface area contributed by atoms with Gasteiger partial charge in [0.05, 0.1) is 11.6 Å². The van der Waals surface area contributed by atoms with Gasteiger partial charge < -0.3 is 20.1 Å². The van der Waals surface area contributed by atoms with Gasteiger partial charge in [-0.05, 0) is 72.6 Å². The molecule has 3 aromatic carbocycles. The van der Waals surface area contributed by atoms with Crippen LogP contribution in [0.2, 0.25) is 0 Å². The Kier molecular flexibility index (Phi) is 6.40. The van der Waals surface area contributed by atoms with Gasteiger partial charge in [-0.3, -0.25) is 19.3 Å². The zero-order valence-corrected chi connectivity index (χ0v) is 21.7. The number of anilines is 3. The predicted molar refractivity (Wildman–Crippen MR) is 147 cm³/mol. The fourth-order valence-corrected chi connectivity index (χ4v) is 5.00. The van der Waals surface area contributed by atoms with Crippen LogP contribution in [-0.4, -0.2) is 42.9 Å². The molecule has 194 valence electrons. The third-order valence-corrected chi connectivity index (χ3v) is 6.80. The number of aliphatic hydroxyl groups is 1. The molecule has 2 N–H and O–H groups in total. The summed E-state index contributed by atoms with van der Waals surface area (Å²) in [5.41, 5.74) is 4.09. The average Bonchev–Trinajstić information content (AvgIpc) is 3.39. The fraction of sp³-hybridized carbons (Fsp3) is 0.233. The number of rotatable bonds is 5. The summed E-state index contributed by atoms with van der Waals surface area (Å²) in [5.74, 6) is -1.19. The van der Waals surface area contributed by atoms with Crippen molar-refractivity contribution in [3.05, 3.63) is 89.0 Å². The lowest BCUT2D eigenvalue weighted by Crippen LogP contribution is -2.29. The Morgan fingerprint density at radius 1 is 1.03 bits per heavy atom. The maximum atomic E-state index is 13.5. The van der Waals surface area contributed by atoms with Crippen molar-refractivity contribution < 1.29 is 24.2 Å². The van der Waals surface area contributed by atoms with E-state index in [2.05, 4.69) is 5.32 Å². The van der Waals surface area contributed by atoms with Crippen LogP contribution in [0.4, 0.5) is 17.1 Å². The molecule has 2 heterocycles. The van der Waals surface area contributed by atoms with E-state index >= 15 is 0 Å². The molecule has 1 fully saturated rings. The highest BCUT2D eigenvalue weighted by Gasteiger charge is 2.47. The van der Waals surface area contributed by atoms with Crippen molar-refractivity contribution in [3.63, 3.8) is 0 Å². The Balaban J connectivity index is 1.64. The minimum Gasteiger partial charge on any atom is -0.507 e. The van der Waals surface area contributed by atoms with Gasteiger partial charge in [-0.1, -0.05) is 12.1 Å². The number of hydrogen-bond donors (Lipinski definition) is 2. The molecule has 0 aromatic heterocycles. The van der Waals surface area contributed by atoms with Crippen LogP contribution in [0.15, 0.2) is 72.3 Å². The van der Waals surface area contributed by atoms with Crippen LogP contribution in [0, 0.1) is 0 Å². The van der Waals surface area contributed by atoms with Gasteiger partial charge in [-0.2, -0.15) is 0 Å². The van der Waals surface area contributed by atoms with Crippen molar-refractivity contribution in [3.8, 4) is 5.75 Å². The van der Waals surface area contributed by atoms with Gasteiger partial charge in [0.1, 0.15) is 17.6 Å². The monoisotopic (exact) mass is 511 g/mol. The molecule has 8 heteroatoms. The van der Waals surface area contributed by atoms with Crippen LogP contribution in [0.25, 0.3) is 5.76 Å². The number of ether oxygens (including phenoxy) is 1. The number of amides is 2. The van der Waals surface area contributed by atoms with Gasteiger partial charge in [0.15, 0.2) is 0 Å². The molecular weight excluding hydrogens is 482 g/mol. The number of Topliss-reactive ketones (excluding diaryl/α,β-unsaturated/α-hetero) is 1. The summed E-state index contributed by atoms with van der Waals surface area (Å²) >= 11 is 0. The maximum Gasteiger partial charge on any atom is 0.300 e. The van der Waals surface area contributed by atoms with Crippen LogP contribution < -0.4 is 19.9 Å². The number of aliphatic hydroxyl groups excluding tert-OH is 1. The topological polar surface area (TPSA) is 99.2 Å². The minimum atomic E-state index is -0.846. The normalized spacial score (nSPS) is 19.7. The lowest BCUT2D eigenvalue weighted by atomic mass is 9.94. The number of fused-ring (bicyclic) bond motifs is 1. The van der Waals surface area contributed by atoms with E-state index in [1.165, 1.54) is 11.8 Å². The Bertz CT molecular complexity index is 1460. The van der Waals surface area contributed by atoms with E-state index in [4.69, 9.17) is 4.74 Å². The first kappa shape index (κ1) is 25.1. The molecule has 8 nitrogen and oxygen atoms in total. The number of hydrogen-bond acceptors (Lipinski definition) is 6. The van der Waals surface area contributed by atoms with E-state index in [0.29, 0.717) is 28.9 Å². The molecule has 38 heavy (non-hydrogen) atoms. The van der Waals surface area contributed by atoms with E-state index in [0.717, 1.165) is 17.0 Å². The van der Waals surface area contributed by atoms with Gasteiger partial charge >= 0.3 is 0 Å². The zero-order valence-electron chi connectivity index (χ0n) is 21.7. The highest BCUT2D eigenvalue weighted by atomic mass is 16.5. The Labute approximate surface area is 221 Å². The van der Waals surface area contributed by atoms with E-state index in [-0.39, 0.29) is 23.3 Å². The quantitative estimate of drug-likeness (QED) is 0.294. The standard InChI is InChI=1S/C30H29N3O5/c1-17-15-21-16-20(7-14-25(21)38-17)28(35)26-27(19-5-10-23(11-6-19)32(3)4)33(30(37)29(26)36)24-12-8-22(9-13-24)31-18(2)34/h5-14,16-17,27,35H,15H2,1-4H3,(H,31,34)/b28-26-. The smallest absolute Gasteiger partial charge is 0.300 e. The first-order chi connectivity index (χ1) is 18.1. The van der Waals surface area contributed by atoms with Crippen LogP contribution in [-0.2, 0) is 20.8 Å². The summed E-state index contributed by atoms with van der Waals surface area (Å²) in [6.07, 6.45) is 0.726. The molecule has 0 bridgehead atoms. The number of ketones is 1. The van der Waals surface area contributed by atoms with Gasteiger partial charge in [-0.15, -0.1) is 0 Å². The maximum absolute atomic E-state index is 13.5. The summed E-state index contributed by atoms with van der Waals surface area (Å²) in [6.45, 7) is 3.38. The second kappa shape index (κ2) is 9.70. The van der Waals surface area contributed by atoms with Crippen molar-refractivity contribution in [2.24, 2.45) is 0 Å². The highest BCUT2D eigenvalue weighted by Crippen LogP contribution is 2.43. The van der Waals surface area contributed by atoms with E-state index < -0.39 is 17.7 Å². The van der Waals surface area contributed by atoms with E-state index in [9.17, 15) is 19.5 Å². The van der Waals surface area contributed by atoms with Gasteiger partial charge in [-0.25, -0.2) is 0 Å². The van der Waals surface area contributed by atoms with E-state index in [1.807, 2.05) is 56.3 Å². The molecule has 2 aliphatic rings. The van der Waals surface area contributed by atoms with Crippen molar-refractivity contribution >= 4 is 40.4 Å². The molecule has 0 aliphatic carbocycles. The first-order valence-electron chi connectivity index (χ1n) is 12.4. The number of carbonyl (C=O) groups excluding carboxylic acids is 3. The Morgan fingerprint density at radius 3 is 2.34 bits per heavy atom. The largest absolute Gasteiger partial charge is 0.507 e. The molecule has 2 unspecified atom stereocenters. The zero-order chi connectivity index (χ0) is 27.1. The molecule has 5 rings (SSSR count). The fourth-order valence-electron chi connectivity index (χ4n) is 5.00. The molecule has 2 atom stereocenters. The van der Waals surface area contributed by atoms with Crippen molar-refractivity contribution in [1.29, 1.82) is 0 Å². The predicted octanol–water partition coefficient (Wildman–Crippen LogP) is 4.66. The first-order valence-corrected chi connectivity index (χ1v) is 12.4. The van der Waals surface area contributed by atoms with Crippen LogP contribution in [0.5, 0.6) is 5.75 Å². The third-order valence-electron chi connectivity index (χ3n) is 6.80.